The molecule has 5 nitrogen and oxygen atoms in total. The quantitative estimate of drug-likeness (QED) is 0.783. The van der Waals surface area contributed by atoms with Crippen molar-refractivity contribution in [1.29, 1.82) is 0 Å². The summed E-state index contributed by atoms with van der Waals surface area (Å²) in [4.78, 5) is 4.25. The lowest BCUT2D eigenvalue weighted by atomic mass is 10.1. The van der Waals surface area contributed by atoms with Gasteiger partial charge >= 0.3 is 0 Å². The average molecular weight is 341 g/mol. The molecule has 0 aliphatic carbocycles. The second kappa shape index (κ2) is 6.71. The number of nitrogens with zero attached hydrogens (tertiary/aromatic N) is 3. The van der Waals surface area contributed by atoms with E-state index in [0.717, 1.165) is 54.0 Å². The molecule has 0 unspecified atom stereocenters. The van der Waals surface area contributed by atoms with E-state index >= 15 is 0 Å². The number of hydrogen-bond donors (Lipinski definition) is 1. The minimum absolute atomic E-state index is 0.527. The highest BCUT2D eigenvalue weighted by Crippen LogP contribution is 2.30. The largest absolute Gasteiger partial charge is 0.381 e. The van der Waals surface area contributed by atoms with Crippen LogP contribution in [0.3, 0.4) is 0 Å². The lowest BCUT2D eigenvalue weighted by Crippen LogP contribution is -2.15. The molecule has 1 aliphatic heterocycles. The average Bonchev–Trinajstić information content (AvgIpc) is 3.14. The highest BCUT2D eigenvalue weighted by atomic mass is 35.5. The Hall–Kier alpha value is -2.24. The van der Waals surface area contributed by atoms with Crippen LogP contribution in [0.1, 0.15) is 6.42 Å². The number of hydrogen-bond acceptors (Lipinski definition) is 5. The summed E-state index contributed by atoms with van der Waals surface area (Å²) in [6.07, 6.45) is 4.69. The summed E-state index contributed by atoms with van der Waals surface area (Å²) < 4.78 is 5.42. The zero-order valence-corrected chi connectivity index (χ0v) is 13.8. The van der Waals surface area contributed by atoms with Crippen LogP contribution in [0.4, 0.5) is 5.82 Å². The van der Waals surface area contributed by atoms with E-state index in [2.05, 4.69) is 20.5 Å². The van der Waals surface area contributed by atoms with E-state index in [1.807, 2.05) is 36.5 Å². The second-order valence-electron chi connectivity index (χ2n) is 5.94. The van der Waals surface area contributed by atoms with Crippen molar-refractivity contribution in [2.24, 2.45) is 5.92 Å². The normalized spacial score (nSPS) is 17.3. The number of ether oxygens (including phenoxy) is 1. The molecule has 1 aliphatic rings. The predicted molar refractivity (Wildman–Crippen MR) is 95.2 cm³/mol. The molecular formula is C18H17ClN4O. The molecule has 0 saturated carbocycles. The maximum absolute atomic E-state index is 5.98. The number of pyridine rings is 1. The number of fused-ring (bicyclic) bond motifs is 1. The Bertz CT molecular complexity index is 847. The molecule has 1 N–H and O–H groups in total. The van der Waals surface area contributed by atoms with Gasteiger partial charge in [-0.05, 0) is 24.6 Å². The number of benzene rings is 1. The molecule has 24 heavy (non-hydrogen) atoms. The van der Waals surface area contributed by atoms with Crippen molar-refractivity contribution < 1.29 is 4.74 Å². The summed E-state index contributed by atoms with van der Waals surface area (Å²) in [6.45, 7) is 2.49. The Morgan fingerprint density at radius 3 is 2.79 bits per heavy atom. The Morgan fingerprint density at radius 2 is 2.00 bits per heavy atom. The monoisotopic (exact) mass is 340 g/mol. The third-order valence-electron chi connectivity index (χ3n) is 4.28. The second-order valence-corrected chi connectivity index (χ2v) is 6.37. The molecular weight excluding hydrogens is 324 g/mol. The topological polar surface area (TPSA) is 59.9 Å². The van der Waals surface area contributed by atoms with E-state index in [1.165, 1.54) is 0 Å². The predicted octanol–water partition coefficient (Wildman–Crippen LogP) is 3.79. The first kappa shape index (κ1) is 15.3. The van der Waals surface area contributed by atoms with E-state index in [9.17, 15) is 0 Å². The molecule has 3 aromatic rings. The van der Waals surface area contributed by atoms with E-state index < -0.39 is 0 Å². The Labute approximate surface area is 145 Å². The number of anilines is 1. The molecule has 1 saturated heterocycles. The third-order valence-corrected chi connectivity index (χ3v) is 4.53. The van der Waals surface area contributed by atoms with Crippen LogP contribution in [0.2, 0.25) is 5.02 Å². The molecule has 1 atom stereocenters. The lowest BCUT2D eigenvalue weighted by Gasteiger charge is -2.13. The molecule has 4 rings (SSSR count). The standard InChI is InChI=1S/C18H17ClN4O/c19-14-3-1-13(2-4-14)17-16-10-20-7-5-15(16)18(23-22-17)21-9-12-6-8-24-11-12/h1-5,7,10,12H,6,8-9,11H2,(H,21,23)/t12-/m0/s1. The number of aromatic nitrogens is 3. The first-order valence-corrected chi connectivity index (χ1v) is 8.37. The fraction of sp³-hybridized carbons (Fsp3) is 0.278. The zero-order chi connectivity index (χ0) is 16.4. The van der Waals surface area contributed by atoms with Gasteiger partial charge in [-0.15, -0.1) is 10.2 Å². The lowest BCUT2D eigenvalue weighted by molar-refractivity contribution is 0.187. The van der Waals surface area contributed by atoms with Gasteiger partial charge in [-0.25, -0.2) is 0 Å². The Kier molecular flexibility index (Phi) is 4.28. The van der Waals surface area contributed by atoms with Crippen LogP contribution in [0.15, 0.2) is 42.7 Å². The summed E-state index contributed by atoms with van der Waals surface area (Å²) >= 11 is 5.98. The minimum Gasteiger partial charge on any atom is -0.381 e. The summed E-state index contributed by atoms with van der Waals surface area (Å²) in [7, 11) is 0. The fourth-order valence-corrected chi connectivity index (χ4v) is 3.06. The summed E-state index contributed by atoms with van der Waals surface area (Å²) in [5.74, 6) is 1.32. The zero-order valence-electron chi connectivity index (χ0n) is 13.1. The van der Waals surface area contributed by atoms with Gasteiger partial charge in [0.2, 0.25) is 0 Å². The van der Waals surface area contributed by atoms with Crippen molar-refractivity contribution in [3.63, 3.8) is 0 Å². The molecule has 1 fully saturated rings. The van der Waals surface area contributed by atoms with Crippen LogP contribution in [0.25, 0.3) is 22.0 Å². The Morgan fingerprint density at radius 1 is 1.12 bits per heavy atom. The minimum atomic E-state index is 0.527. The molecule has 0 spiro atoms. The SMILES string of the molecule is Clc1ccc(-c2nnc(NC[C@@H]3CCOC3)c3ccncc23)cc1. The van der Waals surface area contributed by atoms with Gasteiger partial charge in [-0.2, -0.15) is 0 Å². The van der Waals surface area contributed by atoms with Gasteiger partial charge in [0.15, 0.2) is 5.82 Å². The van der Waals surface area contributed by atoms with Crippen molar-refractivity contribution in [3.8, 4) is 11.3 Å². The van der Waals surface area contributed by atoms with Crippen LogP contribution >= 0.6 is 11.6 Å². The smallest absolute Gasteiger partial charge is 0.156 e. The van der Waals surface area contributed by atoms with Gasteiger partial charge in [0.25, 0.3) is 0 Å². The van der Waals surface area contributed by atoms with Crippen molar-refractivity contribution in [3.05, 3.63) is 47.7 Å². The maximum Gasteiger partial charge on any atom is 0.156 e. The van der Waals surface area contributed by atoms with Gasteiger partial charge in [-0.3, -0.25) is 4.98 Å². The van der Waals surface area contributed by atoms with Crippen molar-refractivity contribution >= 4 is 28.2 Å². The maximum atomic E-state index is 5.98. The highest BCUT2D eigenvalue weighted by Gasteiger charge is 2.17. The molecule has 122 valence electrons. The Balaban J connectivity index is 1.70. The first-order valence-electron chi connectivity index (χ1n) is 7.99. The molecule has 0 radical (unpaired) electrons. The summed E-state index contributed by atoms with van der Waals surface area (Å²) in [5.41, 5.74) is 1.78. The van der Waals surface area contributed by atoms with Crippen molar-refractivity contribution in [1.82, 2.24) is 15.2 Å². The van der Waals surface area contributed by atoms with Gasteiger partial charge in [0.05, 0.1) is 6.61 Å². The van der Waals surface area contributed by atoms with Crippen LogP contribution in [-0.4, -0.2) is 34.9 Å². The van der Waals surface area contributed by atoms with Gasteiger partial charge in [0.1, 0.15) is 5.69 Å². The van der Waals surface area contributed by atoms with Crippen LogP contribution in [0.5, 0.6) is 0 Å². The van der Waals surface area contributed by atoms with Crippen molar-refractivity contribution in [2.45, 2.75) is 6.42 Å². The summed E-state index contributed by atoms with van der Waals surface area (Å²) in [5, 5.41) is 14.9. The molecule has 1 aromatic carbocycles. The van der Waals surface area contributed by atoms with Gasteiger partial charge in [0, 0.05) is 52.8 Å². The molecule has 3 heterocycles. The van der Waals surface area contributed by atoms with E-state index in [4.69, 9.17) is 16.3 Å². The van der Waals surface area contributed by atoms with Crippen LogP contribution in [-0.2, 0) is 4.74 Å². The first-order chi connectivity index (χ1) is 11.8. The van der Waals surface area contributed by atoms with Crippen LogP contribution in [0, 0.1) is 5.92 Å². The summed E-state index contributed by atoms with van der Waals surface area (Å²) in [6, 6.07) is 9.57. The van der Waals surface area contributed by atoms with E-state index in [1.54, 1.807) is 6.20 Å². The van der Waals surface area contributed by atoms with Gasteiger partial charge in [-0.1, -0.05) is 23.7 Å². The number of nitrogens with one attached hydrogen (secondary N) is 1. The third kappa shape index (κ3) is 3.05. The number of halogens is 1. The van der Waals surface area contributed by atoms with E-state index in [-0.39, 0.29) is 0 Å². The van der Waals surface area contributed by atoms with Crippen molar-refractivity contribution in [2.75, 3.05) is 25.1 Å². The van der Waals surface area contributed by atoms with Gasteiger partial charge < -0.3 is 10.1 Å². The molecule has 6 heteroatoms. The van der Waals surface area contributed by atoms with E-state index in [0.29, 0.717) is 10.9 Å². The number of rotatable bonds is 4. The fourth-order valence-electron chi connectivity index (χ4n) is 2.93. The molecule has 2 aromatic heterocycles. The highest BCUT2D eigenvalue weighted by molar-refractivity contribution is 6.30. The van der Waals surface area contributed by atoms with Crippen LogP contribution < -0.4 is 5.32 Å². The molecule has 0 amide bonds. The molecule has 0 bridgehead atoms.